The van der Waals surface area contributed by atoms with E-state index in [-0.39, 0.29) is 23.6 Å². The molecular formula is C14H14N2O5S. The van der Waals surface area contributed by atoms with Gasteiger partial charge in [0.25, 0.3) is 0 Å². The van der Waals surface area contributed by atoms with Gasteiger partial charge in [-0.15, -0.1) is 0 Å². The molecule has 8 heteroatoms. The molecule has 0 aliphatic carbocycles. The van der Waals surface area contributed by atoms with E-state index in [1.54, 1.807) is 24.3 Å². The van der Waals surface area contributed by atoms with Crippen LogP contribution in [0.15, 0.2) is 30.3 Å². The molecule has 0 saturated heterocycles. The number of nitrogens with two attached hydrogens (primary N) is 1. The van der Waals surface area contributed by atoms with Crippen LogP contribution in [0.4, 0.5) is 0 Å². The molecule has 2 aromatic rings. The van der Waals surface area contributed by atoms with Gasteiger partial charge in [-0.25, -0.2) is 0 Å². The molecule has 0 heterocycles. The minimum atomic E-state index is -3.77. The predicted octanol–water partition coefficient (Wildman–Crippen LogP) is 1.09. The summed E-state index contributed by atoms with van der Waals surface area (Å²) < 4.78 is 27.5. The molecule has 4 N–H and O–H groups in total. The lowest BCUT2D eigenvalue weighted by Crippen LogP contribution is -2.12. The van der Waals surface area contributed by atoms with Crippen LogP contribution < -0.4 is 9.92 Å². The Morgan fingerprint density at radius 1 is 1.32 bits per heavy atom. The monoisotopic (exact) mass is 322 g/mol. The van der Waals surface area contributed by atoms with Crippen LogP contribution in [0.2, 0.25) is 0 Å². The average molecular weight is 322 g/mol. The van der Waals surface area contributed by atoms with Crippen molar-refractivity contribution >= 4 is 32.7 Å². The third kappa shape index (κ3) is 3.53. The molecule has 116 valence electrons. The third-order valence-corrected chi connectivity index (χ3v) is 3.45. The smallest absolute Gasteiger partial charge is 0.307 e. The summed E-state index contributed by atoms with van der Waals surface area (Å²) in [5.41, 5.74) is 6.17. The minimum absolute atomic E-state index is 0.0204. The minimum Gasteiger partial charge on any atom is -0.481 e. The number of rotatable bonds is 5. The Labute approximate surface area is 127 Å². The van der Waals surface area contributed by atoms with Crippen LogP contribution in [0.25, 0.3) is 10.8 Å². The lowest BCUT2D eigenvalue weighted by molar-refractivity contribution is -0.136. The van der Waals surface area contributed by atoms with E-state index in [1.165, 1.54) is 6.07 Å². The van der Waals surface area contributed by atoms with E-state index in [9.17, 15) is 13.2 Å². The third-order valence-electron chi connectivity index (χ3n) is 2.97. The highest BCUT2D eigenvalue weighted by Gasteiger charge is 2.16. The zero-order chi connectivity index (χ0) is 16.5. The zero-order valence-electron chi connectivity index (χ0n) is 11.7. The molecule has 2 aromatic carbocycles. The molecule has 0 radical (unpaired) electrons. The van der Waals surface area contributed by atoms with Crippen LogP contribution in [-0.4, -0.2) is 31.6 Å². The fourth-order valence-electron chi connectivity index (χ4n) is 2.12. The highest BCUT2D eigenvalue weighted by molar-refractivity contribution is 7.86. The topological polar surface area (TPSA) is 131 Å². The van der Waals surface area contributed by atoms with Crippen LogP contribution in [0, 0.1) is 5.41 Å². The van der Waals surface area contributed by atoms with Gasteiger partial charge in [0.15, 0.2) is 0 Å². The molecular weight excluding hydrogens is 308 g/mol. The van der Waals surface area contributed by atoms with Gasteiger partial charge in [0.05, 0.1) is 12.7 Å². The maximum absolute atomic E-state index is 11.3. The van der Waals surface area contributed by atoms with Crippen LogP contribution >= 0.6 is 0 Å². The molecule has 0 aliphatic rings. The van der Waals surface area contributed by atoms with E-state index in [2.05, 4.69) is 0 Å². The Kier molecular flexibility index (Phi) is 4.05. The van der Waals surface area contributed by atoms with Gasteiger partial charge in [0, 0.05) is 11.1 Å². The van der Waals surface area contributed by atoms with Crippen LogP contribution in [0.5, 0.6) is 5.75 Å². The molecule has 22 heavy (non-hydrogen) atoms. The Balaban J connectivity index is 2.69. The largest absolute Gasteiger partial charge is 0.481 e. The summed E-state index contributed by atoms with van der Waals surface area (Å²) in [6, 6.07) is 7.78. The van der Waals surface area contributed by atoms with Crippen molar-refractivity contribution in [3.63, 3.8) is 0 Å². The SMILES string of the molecule is CS(=O)(=O)Oc1ccc2cc(C(=N)N)ccc2c1CC(=O)O. The lowest BCUT2D eigenvalue weighted by atomic mass is 9.99. The quantitative estimate of drug-likeness (QED) is 0.429. The predicted molar refractivity (Wildman–Crippen MR) is 81.8 cm³/mol. The first-order chi connectivity index (χ1) is 10.2. The van der Waals surface area contributed by atoms with Crippen molar-refractivity contribution in [3.05, 3.63) is 41.5 Å². The number of benzene rings is 2. The summed E-state index contributed by atoms with van der Waals surface area (Å²) in [4.78, 5) is 11.0. The van der Waals surface area contributed by atoms with Gasteiger partial charge in [-0.05, 0) is 22.9 Å². The first kappa shape index (κ1) is 15.8. The maximum Gasteiger partial charge on any atom is 0.307 e. The molecule has 2 rings (SSSR count). The van der Waals surface area contributed by atoms with Crippen molar-refractivity contribution in [2.24, 2.45) is 5.73 Å². The number of carboxylic acids is 1. The molecule has 7 nitrogen and oxygen atoms in total. The number of amidine groups is 1. The lowest BCUT2D eigenvalue weighted by Gasteiger charge is -2.12. The summed E-state index contributed by atoms with van der Waals surface area (Å²) in [5.74, 6) is -1.24. The molecule has 0 bridgehead atoms. The fraction of sp³-hybridized carbons (Fsp3) is 0.143. The van der Waals surface area contributed by atoms with Crippen molar-refractivity contribution in [3.8, 4) is 5.75 Å². The Morgan fingerprint density at radius 3 is 2.55 bits per heavy atom. The zero-order valence-corrected chi connectivity index (χ0v) is 12.5. The fourth-order valence-corrected chi connectivity index (χ4v) is 2.60. The highest BCUT2D eigenvalue weighted by atomic mass is 32.2. The van der Waals surface area contributed by atoms with E-state index in [1.807, 2.05) is 0 Å². The van der Waals surface area contributed by atoms with Gasteiger partial charge in [0.2, 0.25) is 0 Å². The van der Waals surface area contributed by atoms with Gasteiger partial charge in [-0.3, -0.25) is 10.2 Å². The van der Waals surface area contributed by atoms with Gasteiger partial charge in [-0.1, -0.05) is 18.2 Å². The van der Waals surface area contributed by atoms with Crippen LogP contribution in [-0.2, 0) is 21.3 Å². The number of fused-ring (bicyclic) bond motifs is 1. The van der Waals surface area contributed by atoms with E-state index in [0.717, 1.165) is 6.26 Å². The molecule has 0 unspecified atom stereocenters. The standard InChI is InChI=1S/C14H14N2O5S/c1-22(19,20)21-12-5-3-8-6-9(14(15)16)2-4-10(8)11(12)7-13(17)18/h2-6H,7H2,1H3,(H3,15,16)(H,17,18). The van der Waals surface area contributed by atoms with E-state index < -0.39 is 16.1 Å². The first-order valence-corrected chi connectivity index (χ1v) is 8.00. The number of nitrogens with one attached hydrogen (secondary N) is 1. The number of nitrogen functional groups attached to an aromatic ring is 1. The van der Waals surface area contributed by atoms with E-state index in [0.29, 0.717) is 16.3 Å². The molecule has 0 aliphatic heterocycles. The average Bonchev–Trinajstić information content (AvgIpc) is 2.38. The number of carbonyl (C=O) groups is 1. The Bertz CT molecular complexity index is 874. The number of hydrogen-bond donors (Lipinski definition) is 3. The van der Waals surface area contributed by atoms with Crippen molar-refractivity contribution in [2.45, 2.75) is 6.42 Å². The molecule has 0 spiro atoms. The second-order valence-electron chi connectivity index (χ2n) is 4.75. The van der Waals surface area contributed by atoms with Crippen molar-refractivity contribution in [1.29, 1.82) is 5.41 Å². The maximum atomic E-state index is 11.3. The molecule has 0 fully saturated rings. The summed E-state index contributed by atoms with van der Waals surface area (Å²) in [6.45, 7) is 0. The summed E-state index contributed by atoms with van der Waals surface area (Å²) >= 11 is 0. The van der Waals surface area contributed by atoms with Gasteiger partial charge >= 0.3 is 16.1 Å². The normalized spacial score (nSPS) is 11.3. The molecule has 0 atom stereocenters. The summed E-state index contributed by atoms with van der Waals surface area (Å²) in [7, 11) is -3.77. The molecule has 0 saturated carbocycles. The van der Waals surface area contributed by atoms with Crippen LogP contribution in [0.1, 0.15) is 11.1 Å². The Hall–Kier alpha value is -2.61. The Morgan fingerprint density at radius 2 is 2.00 bits per heavy atom. The van der Waals surface area contributed by atoms with E-state index in [4.69, 9.17) is 20.4 Å². The molecule has 0 amide bonds. The van der Waals surface area contributed by atoms with Crippen molar-refractivity contribution < 1.29 is 22.5 Å². The van der Waals surface area contributed by atoms with Gasteiger partial charge < -0.3 is 15.0 Å². The second kappa shape index (κ2) is 5.64. The van der Waals surface area contributed by atoms with Crippen LogP contribution in [0.3, 0.4) is 0 Å². The second-order valence-corrected chi connectivity index (χ2v) is 6.32. The summed E-state index contributed by atoms with van der Waals surface area (Å²) in [6.07, 6.45) is 0.502. The number of carboxylic acid groups (broad SMARTS) is 1. The molecule has 0 aromatic heterocycles. The van der Waals surface area contributed by atoms with Gasteiger partial charge in [-0.2, -0.15) is 8.42 Å². The number of hydrogen-bond acceptors (Lipinski definition) is 5. The first-order valence-electron chi connectivity index (χ1n) is 6.18. The van der Waals surface area contributed by atoms with Crippen molar-refractivity contribution in [1.82, 2.24) is 0 Å². The van der Waals surface area contributed by atoms with E-state index >= 15 is 0 Å². The number of aliphatic carboxylic acids is 1. The van der Waals surface area contributed by atoms with Gasteiger partial charge in [0.1, 0.15) is 11.6 Å². The summed E-state index contributed by atoms with van der Waals surface area (Å²) in [5, 5.41) is 17.6. The highest BCUT2D eigenvalue weighted by Crippen LogP contribution is 2.30. The van der Waals surface area contributed by atoms with Crippen molar-refractivity contribution in [2.75, 3.05) is 6.26 Å².